The number of non-ortho nitro benzene ring substituents is 1. The van der Waals surface area contributed by atoms with Gasteiger partial charge in [-0.15, -0.1) is 0 Å². The van der Waals surface area contributed by atoms with E-state index in [-0.39, 0.29) is 17.5 Å². The van der Waals surface area contributed by atoms with Crippen molar-refractivity contribution in [2.45, 2.75) is 6.92 Å². The third kappa shape index (κ3) is 2.31. The fraction of sp³-hybridized carbons (Fsp3) is 0.0833. The molecule has 0 amide bonds. The summed E-state index contributed by atoms with van der Waals surface area (Å²) in [6.07, 6.45) is 1.45. The summed E-state index contributed by atoms with van der Waals surface area (Å²) in [5.74, 6) is 0.686. The van der Waals surface area contributed by atoms with Gasteiger partial charge in [0, 0.05) is 12.1 Å². The number of nitrogens with zero attached hydrogens (tertiary/aromatic N) is 4. The SMILES string of the molecule is Cc1cc([N+](=O)[O-])ccc1Oc1nc(N)nc2nc[nH]c12. The lowest BCUT2D eigenvalue weighted by Gasteiger charge is -2.08. The van der Waals surface area contributed by atoms with Gasteiger partial charge < -0.3 is 15.5 Å². The molecule has 3 aromatic rings. The number of H-pyrrole nitrogens is 1. The van der Waals surface area contributed by atoms with Gasteiger partial charge in [-0.2, -0.15) is 9.97 Å². The first kappa shape index (κ1) is 12.8. The molecule has 106 valence electrons. The molecular weight excluding hydrogens is 276 g/mol. The minimum absolute atomic E-state index is 0.00580. The number of nitro groups is 1. The number of benzene rings is 1. The molecule has 0 saturated heterocycles. The van der Waals surface area contributed by atoms with Crippen molar-refractivity contribution < 1.29 is 9.66 Å². The molecule has 0 spiro atoms. The topological polar surface area (TPSA) is 133 Å². The highest BCUT2D eigenvalue weighted by atomic mass is 16.6. The summed E-state index contributed by atoms with van der Waals surface area (Å²) < 4.78 is 5.67. The number of anilines is 1. The van der Waals surface area contributed by atoms with Crippen LogP contribution in [0.1, 0.15) is 5.56 Å². The van der Waals surface area contributed by atoms with E-state index in [1.807, 2.05) is 0 Å². The van der Waals surface area contributed by atoms with Gasteiger partial charge in [0.25, 0.3) is 11.6 Å². The Kier molecular flexibility index (Phi) is 2.87. The number of nitrogens with one attached hydrogen (secondary N) is 1. The predicted molar refractivity (Wildman–Crippen MR) is 74.0 cm³/mol. The van der Waals surface area contributed by atoms with Gasteiger partial charge in [-0.25, -0.2) is 4.98 Å². The summed E-state index contributed by atoms with van der Waals surface area (Å²) >= 11 is 0. The maximum absolute atomic E-state index is 10.7. The lowest BCUT2D eigenvalue weighted by atomic mass is 10.2. The van der Waals surface area contributed by atoms with Crippen LogP contribution in [0.2, 0.25) is 0 Å². The lowest BCUT2D eigenvalue weighted by Crippen LogP contribution is -1.99. The van der Waals surface area contributed by atoms with Gasteiger partial charge in [-0.05, 0) is 18.6 Å². The number of ether oxygens (including phenoxy) is 1. The van der Waals surface area contributed by atoms with E-state index in [4.69, 9.17) is 10.5 Å². The number of nitro benzene ring substituents is 1. The highest BCUT2D eigenvalue weighted by Crippen LogP contribution is 2.30. The van der Waals surface area contributed by atoms with Crippen molar-refractivity contribution in [3.8, 4) is 11.6 Å². The first-order valence-electron chi connectivity index (χ1n) is 5.94. The molecule has 0 unspecified atom stereocenters. The highest BCUT2D eigenvalue weighted by molar-refractivity contribution is 5.77. The number of aromatic amines is 1. The Bertz CT molecular complexity index is 844. The summed E-state index contributed by atoms with van der Waals surface area (Å²) in [6, 6.07) is 4.29. The number of hydrogen-bond donors (Lipinski definition) is 2. The maximum Gasteiger partial charge on any atom is 0.269 e. The monoisotopic (exact) mass is 286 g/mol. The fourth-order valence-electron chi connectivity index (χ4n) is 1.86. The van der Waals surface area contributed by atoms with Crippen LogP contribution in [0, 0.1) is 17.0 Å². The molecule has 0 bridgehead atoms. The number of nitrogen functional groups attached to an aromatic ring is 1. The zero-order valence-electron chi connectivity index (χ0n) is 10.9. The molecular formula is C12H10N6O3. The second-order valence-electron chi connectivity index (χ2n) is 4.30. The largest absolute Gasteiger partial charge is 0.437 e. The van der Waals surface area contributed by atoms with E-state index in [2.05, 4.69) is 19.9 Å². The minimum atomic E-state index is -0.466. The molecule has 9 nitrogen and oxygen atoms in total. The Balaban J connectivity index is 2.02. The minimum Gasteiger partial charge on any atom is -0.437 e. The predicted octanol–water partition coefficient (Wildman–Crippen LogP) is 1.94. The van der Waals surface area contributed by atoms with Gasteiger partial charge in [-0.1, -0.05) is 0 Å². The smallest absolute Gasteiger partial charge is 0.269 e. The van der Waals surface area contributed by atoms with Crippen LogP contribution in [0.3, 0.4) is 0 Å². The third-order valence-corrected chi connectivity index (χ3v) is 2.85. The van der Waals surface area contributed by atoms with Gasteiger partial charge in [0.15, 0.2) is 5.65 Å². The fourth-order valence-corrected chi connectivity index (χ4v) is 1.86. The van der Waals surface area contributed by atoms with Crippen LogP contribution in [0.4, 0.5) is 11.6 Å². The molecule has 0 saturated carbocycles. The molecule has 0 atom stereocenters. The third-order valence-electron chi connectivity index (χ3n) is 2.85. The van der Waals surface area contributed by atoms with Crippen LogP contribution < -0.4 is 10.5 Å². The van der Waals surface area contributed by atoms with E-state index in [1.54, 1.807) is 6.92 Å². The van der Waals surface area contributed by atoms with Gasteiger partial charge in [-0.3, -0.25) is 10.1 Å². The summed E-state index contributed by atoms with van der Waals surface area (Å²) in [5, 5.41) is 10.7. The van der Waals surface area contributed by atoms with E-state index in [0.717, 1.165) is 0 Å². The van der Waals surface area contributed by atoms with Crippen molar-refractivity contribution in [1.29, 1.82) is 0 Å². The molecule has 0 aliphatic carbocycles. The Morgan fingerprint density at radius 3 is 2.90 bits per heavy atom. The number of fused-ring (bicyclic) bond motifs is 1. The number of rotatable bonds is 3. The molecule has 0 radical (unpaired) electrons. The number of nitrogens with two attached hydrogens (primary N) is 1. The van der Waals surface area contributed by atoms with Crippen LogP contribution in [0.25, 0.3) is 11.2 Å². The number of aryl methyl sites for hydroxylation is 1. The first-order chi connectivity index (χ1) is 10.0. The average molecular weight is 286 g/mol. The van der Waals surface area contributed by atoms with Crippen molar-refractivity contribution in [2.24, 2.45) is 0 Å². The molecule has 2 aromatic heterocycles. The van der Waals surface area contributed by atoms with Gasteiger partial charge in [0.1, 0.15) is 11.3 Å². The van der Waals surface area contributed by atoms with Gasteiger partial charge >= 0.3 is 0 Å². The standard InChI is InChI=1S/C12H10N6O3/c1-6-4-7(18(19)20)2-3-8(6)21-11-9-10(15-5-14-9)16-12(13)17-11/h2-5H,1H3,(H3,13,14,15,16,17). The lowest BCUT2D eigenvalue weighted by molar-refractivity contribution is -0.384. The van der Waals surface area contributed by atoms with Crippen LogP contribution in [0.15, 0.2) is 24.5 Å². The summed E-state index contributed by atoms with van der Waals surface area (Å²) in [6.45, 7) is 1.71. The van der Waals surface area contributed by atoms with Crippen molar-refractivity contribution in [3.05, 3.63) is 40.2 Å². The van der Waals surface area contributed by atoms with E-state index in [0.29, 0.717) is 22.5 Å². The van der Waals surface area contributed by atoms with E-state index >= 15 is 0 Å². The molecule has 0 fully saturated rings. The van der Waals surface area contributed by atoms with E-state index in [1.165, 1.54) is 24.5 Å². The van der Waals surface area contributed by atoms with Crippen molar-refractivity contribution >= 4 is 22.8 Å². The Morgan fingerprint density at radius 2 is 2.19 bits per heavy atom. The van der Waals surface area contributed by atoms with Crippen molar-refractivity contribution in [3.63, 3.8) is 0 Å². The molecule has 3 rings (SSSR count). The van der Waals surface area contributed by atoms with Crippen molar-refractivity contribution in [1.82, 2.24) is 19.9 Å². The summed E-state index contributed by atoms with van der Waals surface area (Å²) in [5.41, 5.74) is 7.08. The molecule has 3 N–H and O–H groups in total. The van der Waals surface area contributed by atoms with Crippen LogP contribution in [-0.4, -0.2) is 24.9 Å². The summed E-state index contributed by atoms with van der Waals surface area (Å²) in [7, 11) is 0. The second kappa shape index (κ2) is 4.71. The number of hydrogen-bond acceptors (Lipinski definition) is 7. The maximum atomic E-state index is 10.7. The first-order valence-corrected chi connectivity index (χ1v) is 5.94. The average Bonchev–Trinajstić information content (AvgIpc) is 2.88. The van der Waals surface area contributed by atoms with E-state index < -0.39 is 4.92 Å². The second-order valence-corrected chi connectivity index (χ2v) is 4.30. The van der Waals surface area contributed by atoms with Crippen molar-refractivity contribution in [2.75, 3.05) is 5.73 Å². The zero-order chi connectivity index (χ0) is 15.0. The highest BCUT2D eigenvalue weighted by Gasteiger charge is 2.14. The molecule has 1 aromatic carbocycles. The Hall–Kier alpha value is -3.23. The number of aromatic nitrogens is 4. The van der Waals surface area contributed by atoms with Gasteiger partial charge in [0.2, 0.25) is 5.95 Å². The Morgan fingerprint density at radius 1 is 1.38 bits per heavy atom. The molecule has 0 aliphatic rings. The molecule has 21 heavy (non-hydrogen) atoms. The normalized spacial score (nSPS) is 10.7. The van der Waals surface area contributed by atoms with Crippen LogP contribution in [0.5, 0.6) is 11.6 Å². The van der Waals surface area contributed by atoms with Crippen LogP contribution in [-0.2, 0) is 0 Å². The molecule has 0 aliphatic heterocycles. The quantitative estimate of drug-likeness (QED) is 0.555. The molecule has 2 heterocycles. The number of imidazole rings is 1. The van der Waals surface area contributed by atoms with E-state index in [9.17, 15) is 10.1 Å². The summed E-state index contributed by atoms with van der Waals surface area (Å²) in [4.78, 5) is 25.1. The van der Waals surface area contributed by atoms with Gasteiger partial charge in [0.05, 0.1) is 11.3 Å². The molecule has 9 heteroatoms. The van der Waals surface area contributed by atoms with Crippen LogP contribution >= 0.6 is 0 Å². The zero-order valence-corrected chi connectivity index (χ0v) is 10.9. The Labute approximate surface area is 118 Å².